The first-order valence-corrected chi connectivity index (χ1v) is 6.38. The van der Waals surface area contributed by atoms with E-state index < -0.39 is 6.10 Å². The monoisotopic (exact) mass is 262 g/mol. The number of rotatable bonds is 4. The van der Waals surface area contributed by atoms with Crippen LogP contribution in [0, 0.1) is 0 Å². The Morgan fingerprint density at radius 2 is 2.53 bits per heavy atom. The van der Waals surface area contributed by atoms with Gasteiger partial charge < -0.3 is 14.7 Å². The molecule has 1 aliphatic rings. The molecule has 1 amide bonds. The van der Waals surface area contributed by atoms with Gasteiger partial charge in [-0.25, -0.2) is 4.98 Å². The fraction of sp³-hybridized carbons (Fsp3) is 0.429. The van der Waals surface area contributed by atoms with Crippen LogP contribution in [0.25, 0.3) is 0 Å². The third-order valence-corrected chi connectivity index (χ3v) is 3.01. The standard InChI is InChI=1S/C14H18N2O3/c1-2-9-19-12-6-3-7-15-13(12)14(18)16-8-4-5-11(17)10-16/h2-3,6-7,11,17H,1,4-5,8-10H2. The fourth-order valence-corrected chi connectivity index (χ4v) is 2.11. The van der Waals surface area contributed by atoms with Gasteiger partial charge >= 0.3 is 0 Å². The molecule has 1 fully saturated rings. The maximum Gasteiger partial charge on any atom is 0.276 e. The van der Waals surface area contributed by atoms with E-state index in [1.54, 1.807) is 29.3 Å². The summed E-state index contributed by atoms with van der Waals surface area (Å²) >= 11 is 0. The Labute approximate surface area is 112 Å². The predicted molar refractivity (Wildman–Crippen MR) is 71.1 cm³/mol. The molecule has 2 heterocycles. The number of pyridine rings is 1. The van der Waals surface area contributed by atoms with E-state index in [0.717, 1.165) is 12.8 Å². The molecule has 102 valence electrons. The van der Waals surface area contributed by atoms with Gasteiger partial charge in [0, 0.05) is 19.3 Å². The van der Waals surface area contributed by atoms with E-state index in [2.05, 4.69) is 11.6 Å². The number of aliphatic hydroxyl groups excluding tert-OH is 1. The Morgan fingerprint density at radius 1 is 1.68 bits per heavy atom. The molecular weight excluding hydrogens is 244 g/mol. The van der Waals surface area contributed by atoms with Gasteiger partial charge in [-0.2, -0.15) is 0 Å². The maximum absolute atomic E-state index is 12.4. The van der Waals surface area contributed by atoms with Crippen LogP contribution in [0.4, 0.5) is 0 Å². The van der Waals surface area contributed by atoms with Crippen molar-refractivity contribution in [3.8, 4) is 5.75 Å². The number of amides is 1. The van der Waals surface area contributed by atoms with Gasteiger partial charge in [-0.3, -0.25) is 4.79 Å². The zero-order chi connectivity index (χ0) is 13.7. The highest BCUT2D eigenvalue weighted by atomic mass is 16.5. The Kier molecular flexibility index (Phi) is 4.52. The lowest BCUT2D eigenvalue weighted by atomic mass is 10.1. The van der Waals surface area contributed by atoms with Crippen molar-refractivity contribution < 1.29 is 14.6 Å². The molecule has 1 aliphatic heterocycles. The Bertz CT molecular complexity index is 462. The first kappa shape index (κ1) is 13.5. The number of carbonyl (C=O) groups is 1. The minimum atomic E-state index is -0.445. The molecule has 1 saturated heterocycles. The molecule has 1 aromatic heterocycles. The molecule has 1 atom stereocenters. The zero-order valence-corrected chi connectivity index (χ0v) is 10.8. The fourth-order valence-electron chi connectivity index (χ4n) is 2.11. The molecule has 5 nitrogen and oxygen atoms in total. The van der Waals surface area contributed by atoms with Crippen LogP contribution in [0.1, 0.15) is 23.3 Å². The molecule has 1 aromatic rings. The minimum absolute atomic E-state index is 0.196. The lowest BCUT2D eigenvalue weighted by Crippen LogP contribution is -2.42. The van der Waals surface area contributed by atoms with E-state index in [1.165, 1.54) is 0 Å². The number of aromatic nitrogens is 1. The number of β-amino-alcohol motifs (C(OH)–C–C–N with tert-alkyl or cyclic N) is 1. The highest BCUT2D eigenvalue weighted by Gasteiger charge is 2.25. The topological polar surface area (TPSA) is 62.7 Å². The number of carbonyl (C=O) groups excluding carboxylic acids is 1. The van der Waals surface area contributed by atoms with Crippen LogP contribution < -0.4 is 4.74 Å². The zero-order valence-electron chi connectivity index (χ0n) is 10.8. The molecule has 0 spiro atoms. The summed E-state index contributed by atoms with van der Waals surface area (Å²) in [6, 6.07) is 3.43. The third kappa shape index (κ3) is 3.32. The predicted octanol–water partition coefficient (Wildman–Crippen LogP) is 1.24. The molecule has 0 radical (unpaired) electrons. The molecule has 19 heavy (non-hydrogen) atoms. The highest BCUT2D eigenvalue weighted by molar-refractivity contribution is 5.95. The van der Waals surface area contributed by atoms with Gasteiger partial charge in [0.1, 0.15) is 6.61 Å². The number of hydrogen-bond donors (Lipinski definition) is 1. The van der Waals surface area contributed by atoms with Crippen LogP contribution in [-0.2, 0) is 0 Å². The number of likely N-dealkylation sites (tertiary alicyclic amines) is 1. The molecule has 2 rings (SSSR count). The van der Waals surface area contributed by atoms with E-state index in [0.29, 0.717) is 31.1 Å². The summed E-state index contributed by atoms with van der Waals surface area (Å²) in [6.45, 7) is 4.91. The molecule has 1 unspecified atom stereocenters. The lowest BCUT2D eigenvalue weighted by Gasteiger charge is -2.30. The first-order valence-electron chi connectivity index (χ1n) is 6.38. The van der Waals surface area contributed by atoms with Crippen molar-refractivity contribution in [3.63, 3.8) is 0 Å². The summed E-state index contributed by atoms with van der Waals surface area (Å²) in [5.74, 6) is 0.255. The first-order chi connectivity index (χ1) is 9.22. The van der Waals surface area contributed by atoms with Crippen LogP contribution in [0.3, 0.4) is 0 Å². The Hall–Kier alpha value is -1.88. The molecule has 0 saturated carbocycles. The summed E-state index contributed by atoms with van der Waals surface area (Å²) in [4.78, 5) is 18.1. The van der Waals surface area contributed by atoms with Crippen molar-refractivity contribution >= 4 is 5.91 Å². The van der Waals surface area contributed by atoms with Gasteiger partial charge in [0.25, 0.3) is 5.91 Å². The van der Waals surface area contributed by atoms with E-state index in [9.17, 15) is 9.90 Å². The van der Waals surface area contributed by atoms with Crippen LogP contribution in [-0.4, -0.2) is 46.7 Å². The van der Waals surface area contributed by atoms with Gasteiger partial charge in [-0.1, -0.05) is 12.7 Å². The highest BCUT2D eigenvalue weighted by Crippen LogP contribution is 2.20. The lowest BCUT2D eigenvalue weighted by molar-refractivity contribution is 0.0465. The second kappa shape index (κ2) is 6.33. The van der Waals surface area contributed by atoms with Gasteiger partial charge in [-0.05, 0) is 25.0 Å². The van der Waals surface area contributed by atoms with Crippen molar-refractivity contribution in [2.45, 2.75) is 18.9 Å². The number of piperidine rings is 1. The molecule has 5 heteroatoms. The second-order valence-corrected chi connectivity index (χ2v) is 4.50. The second-order valence-electron chi connectivity index (χ2n) is 4.50. The van der Waals surface area contributed by atoms with Crippen molar-refractivity contribution in [2.24, 2.45) is 0 Å². The van der Waals surface area contributed by atoms with Gasteiger partial charge in [0.2, 0.25) is 0 Å². The normalized spacial score (nSPS) is 19.0. The van der Waals surface area contributed by atoms with Crippen LogP contribution in [0.15, 0.2) is 31.0 Å². The SMILES string of the molecule is C=CCOc1cccnc1C(=O)N1CCCC(O)C1. The molecule has 0 bridgehead atoms. The van der Waals surface area contributed by atoms with Crippen molar-refractivity contribution in [3.05, 3.63) is 36.7 Å². The van der Waals surface area contributed by atoms with Crippen LogP contribution in [0.5, 0.6) is 5.75 Å². The summed E-state index contributed by atoms with van der Waals surface area (Å²) in [6.07, 6.45) is 4.29. The average Bonchev–Trinajstić information content (AvgIpc) is 2.44. The van der Waals surface area contributed by atoms with Gasteiger partial charge in [0.15, 0.2) is 11.4 Å². The van der Waals surface area contributed by atoms with E-state index >= 15 is 0 Å². The van der Waals surface area contributed by atoms with Crippen molar-refractivity contribution in [1.82, 2.24) is 9.88 Å². The third-order valence-electron chi connectivity index (χ3n) is 3.01. The largest absolute Gasteiger partial charge is 0.487 e. The summed E-state index contributed by atoms with van der Waals surface area (Å²) in [7, 11) is 0. The minimum Gasteiger partial charge on any atom is -0.487 e. The van der Waals surface area contributed by atoms with Crippen molar-refractivity contribution in [2.75, 3.05) is 19.7 Å². The average molecular weight is 262 g/mol. The van der Waals surface area contributed by atoms with Crippen molar-refractivity contribution in [1.29, 1.82) is 0 Å². The van der Waals surface area contributed by atoms with E-state index in [1.807, 2.05) is 0 Å². The number of aliphatic hydroxyl groups is 1. The number of ether oxygens (including phenoxy) is 1. The van der Waals surface area contributed by atoms with Gasteiger partial charge in [0.05, 0.1) is 6.10 Å². The number of hydrogen-bond acceptors (Lipinski definition) is 4. The van der Waals surface area contributed by atoms with E-state index in [4.69, 9.17) is 4.74 Å². The maximum atomic E-state index is 12.4. The van der Waals surface area contributed by atoms with Crippen LogP contribution >= 0.6 is 0 Å². The quantitative estimate of drug-likeness (QED) is 0.829. The smallest absolute Gasteiger partial charge is 0.276 e. The molecule has 0 aliphatic carbocycles. The van der Waals surface area contributed by atoms with Gasteiger partial charge in [-0.15, -0.1) is 0 Å². The molecular formula is C14H18N2O3. The summed E-state index contributed by atoms with van der Waals surface area (Å²) < 4.78 is 5.43. The Balaban J connectivity index is 2.15. The van der Waals surface area contributed by atoms with E-state index in [-0.39, 0.29) is 5.91 Å². The Morgan fingerprint density at radius 3 is 3.26 bits per heavy atom. The van der Waals surface area contributed by atoms with Crippen LogP contribution in [0.2, 0.25) is 0 Å². The molecule has 1 N–H and O–H groups in total. The number of nitrogens with zero attached hydrogens (tertiary/aromatic N) is 2. The summed E-state index contributed by atoms with van der Waals surface area (Å²) in [5, 5.41) is 9.63. The summed E-state index contributed by atoms with van der Waals surface area (Å²) in [5.41, 5.74) is 0.290. The molecule has 0 aromatic carbocycles.